The van der Waals surface area contributed by atoms with Gasteiger partial charge in [0.2, 0.25) is 7.37 Å². The average Bonchev–Trinajstić information content (AvgIpc) is 3.27. The van der Waals surface area contributed by atoms with E-state index in [9.17, 15) is 9.36 Å². The molecule has 118 valence electrons. The van der Waals surface area contributed by atoms with Gasteiger partial charge >= 0.3 is 5.69 Å². The highest BCUT2D eigenvalue weighted by molar-refractivity contribution is 7.57. The minimum atomic E-state index is -2.76. The van der Waals surface area contributed by atoms with Crippen molar-refractivity contribution in [3.63, 3.8) is 0 Å². The Morgan fingerprint density at radius 1 is 1.36 bits per heavy atom. The number of hydrogen-bond donors (Lipinski definition) is 0. The Morgan fingerprint density at radius 3 is 2.64 bits per heavy atom. The number of benzene rings is 1. The second-order valence-electron chi connectivity index (χ2n) is 5.77. The fraction of sp³-hybridized carbons (Fsp3) is 0.500. The van der Waals surface area contributed by atoms with Gasteiger partial charge in [-0.05, 0) is 46.4 Å². The number of aryl methyl sites for hydroxylation is 1. The first-order valence-corrected chi connectivity index (χ1v) is 9.42. The van der Waals surface area contributed by atoms with E-state index >= 15 is 0 Å². The lowest BCUT2D eigenvalue weighted by molar-refractivity contribution is 0.397. The largest absolute Gasteiger partial charge is 0.368 e. The summed E-state index contributed by atoms with van der Waals surface area (Å²) in [7, 11) is 0.245. The van der Waals surface area contributed by atoms with E-state index in [4.69, 9.17) is 4.52 Å². The van der Waals surface area contributed by atoms with Crippen LogP contribution in [0, 0.1) is 0 Å². The van der Waals surface area contributed by atoms with Crippen molar-refractivity contribution in [2.75, 3.05) is 13.8 Å². The van der Waals surface area contributed by atoms with E-state index in [-0.39, 0.29) is 11.9 Å². The van der Waals surface area contributed by atoms with Crippen LogP contribution in [0.2, 0.25) is 0 Å². The summed E-state index contributed by atoms with van der Waals surface area (Å²) in [5, 5.41) is 7.67. The highest BCUT2D eigenvalue weighted by Gasteiger charge is 2.30. The number of rotatable bonds is 5. The topological polar surface area (TPSA) is 79.0 Å². The van der Waals surface area contributed by atoms with Gasteiger partial charge < -0.3 is 4.52 Å². The minimum Gasteiger partial charge on any atom is -0.332 e. The van der Waals surface area contributed by atoms with Gasteiger partial charge in [0.25, 0.3) is 0 Å². The lowest BCUT2D eigenvalue weighted by Gasteiger charge is -2.17. The van der Waals surface area contributed by atoms with Crippen LogP contribution in [0.25, 0.3) is 5.69 Å². The summed E-state index contributed by atoms with van der Waals surface area (Å²) >= 11 is 0. The average molecular weight is 322 g/mol. The van der Waals surface area contributed by atoms with Gasteiger partial charge in [-0.15, -0.1) is 0 Å². The van der Waals surface area contributed by atoms with E-state index in [2.05, 4.69) is 10.4 Å². The quantitative estimate of drug-likeness (QED) is 0.786. The van der Waals surface area contributed by atoms with Gasteiger partial charge in [0.05, 0.1) is 11.8 Å². The van der Waals surface area contributed by atoms with Crippen molar-refractivity contribution in [1.29, 1.82) is 0 Å². The van der Waals surface area contributed by atoms with Crippen LogP contribution in [0.3, 0.4) is 0 Å². The number of tetrazole rings is 1. The molecule has 1 aromatic heterocycles. The lowest BCUT2D eigenvalue weighted by atomic mass is 10.0. The van der Waals surface area contributed by atoms with Crippen LogP contribution in [-0.4, -0.2) is 33.6 Å². The molecule has 1 atom stereocenters. The molecule has 22 heavy (non-hydrogen) atoms. The Kier molecular flexibility index (Phi) is 3.78. The van der Waals surface area contributed by atoms with Gasteiger partial charge in [-0.3, -0.25) is 4.57 Å². The normalized spacial score (nSPS) is 17.4. The summed E-state index contributed by atoms with van der Waals surface area (Å²) in [6.45, 7) is 1.61. The molecule has 0 aliphatic heterocycles. The van der Waals surface area contributed by atoms with E-state index in [1.54, 1.807) is 13.7 Å². The number of aromatic nitrogens is 4. The van der Waals surface area contributed by atoms with Crippen LogP contribution in [0.1, 0.15) is 29.9 Å². The Labute approximate surface area is 128 Å². The fourth-order valence-electron chi connectivity index (χ4n) is 2.56. The molecule has 7 nitrogen and oxygen atoms in total. The maximum absolute atomic E-state index is 12.5. The third-order valence-electron chi connectivity index (χ3n) is 3.99. The summed E-state index contributed by atoms with van der Waals surface area (Å²) in [6.07, 6.45) is 2.52. The molecule has 0 saturated heterocycles. The first kappa shape index (κ1) is 15.2. The van der Waals surface area contributed by atoms with Crippen LogP contribution in [-0.2, 0) is 22.3 Å². The zero-order chi connectivity index (χ0) is 15.9. The van der Waals surface area contributed by atoms with Crippen LogP contribution in [0.4, 0.5) is 0 Å². The van der Waals surface area contributed by atoms with Crippen molar-refractivity contribution in [3.05, 3.63) is 39.8 Å². The van der Waals surface area contributed by atoms with Crippen LogP contribution in [0.15, 0.2) is 23.0 Å². The number of nitrogens with zero attached hydrogens (tertiary/aromatic N) is 4. The highest BCUT2D eigenvalue weighted by Crippen LogP contribution is 2.50. The molecule has 1 aromatic carbocycles. The highest BCUT2D eigenvalue weighted by atomic mass is 31.2. The van der Waals surface area contributed by atoms with Crippen molar-refractivity contribution in [1.82, 2.24) is 19.8 Å². The minimum absolute atomic E-state index is 0.286. The van der Waals surface area contributed by atoms with Gasteiger partial charge in [-0.1, -0.05) is 12.1 Å². The van der Waals surface area contributed by atoms with E-state index in [0.29, 0.717) is 11.6 Å². The van der Waals surface area contributed by atoms with Gasteiger partial charge in [-0.2, -0.15) is 9.36 Å². The SMILES string of the molecule is COP(C)(=O)Cc1c(C2CC2)cccc1-n1nnn(C)c1=O. The molecule has 1 fully saturated rings. The van der Waals surface area contributed by atoms with Crippen LogP contribution < -0.4 is 5.69 Å². The molecular formula is C14H19N4O3P. The second-order valence-corrected chi connectivity index (χ2v) is 8.48. The molecule has 1 saturated carbocycles. The van der Waals surface area contributed by atoms with E-state index in [0.717, 1.165) is 24.0 Å². The van der Waals surface area contributed by atoms with Gasteiger partial charge in [0.1, 0.15) is 0 Å². The molecule has 2 aromatic rings. The van der Waals surface area contributed by atoms with Crippen LogP contribution in [0.5, 0.6) is 0 Å². The molecule has 0 amide bonds. The predicted octanol–water partition coefficient (Wildman–Crippen LogP) is 1.90. The Balaban J connectivity index is 2.17. The summed E-state index contributed by atoms with van der Waals surface area (Å²) in [6, 6.07) is 5.75. The maximum Gasteiger partial charge on any atom is 0.368 e. The Hall–Kier alpha value is -1.72. The van der Waals surface area contributed by atoms with E-state index in [1.165, 1.54) is 16.5 Å². The van der Waals surface area contributed by atoms with Gasteiger partial charge in [0, 0.05) is 20.8 Å². The Bertz CT molecular complexity index is 807. The summed E-state index contributed by atoms with van der Waals surface area (Å²) in [5.41, 5.74) is 2.33. The van der Waals surface area contributed by atoms with E-state index in [1.807, 2.05) is 18.2 Å². The zero-order valence-electron chi connectivity index (χ0n) is 12.9. The molecule has 0 bridgehead atoms. The maximum atomic E-state index is 12.5. The van der Waals surface area contributed by atoms with Crippen molar-refractivity contribution in [2.45, 2.75) is 24.9 Å². The van der Waals surface area contributed by atoms with Crippen molar-refractivity contribution < 1.29 is 9.09 Å². The molecule has 1 aliphatic rings. The Morgan fingerprint density at radius 2 is 2.09 bits per heavy atom. The van der Waals surface area contributed by atoms with E-state index < -0.39 is 7.37 Å². The molecule has 0 spiro atoms. The van der Waals surface area contributed by atoms with Gasteiger partial charge in [0.15, 0.2) is 0 Å². The molecule has 3 rings (SSSR count). The number of hydrogen-bond acceptors (Lipinski definition) is 5. The van der Waals surface area contributed by atoms with Crippen molar-refractivity contribution in [2.24, 2.45) is 7.05 Å². The lowest BCUT2D eigenvalue weighted by Crippen LogP contribution is -2.23. The standard InChI is InChI=1S/C14H19N4O3P/c1-17-14(19)18(16-15-17)13-6-4-5-11(10-7-8-10)12(13)9-22(3,20)21-2/h4-6,10H,7-9H2,1-3H3. The fourth-order valence-corrected chi connectivity index (χ4v) is 3.60. The monoisotopic (exact) mass is 322 g/mol. The third kappa shape index (κ3) is 2.78. The third-order valence-corrected chi connectivity index (χ3v) is 5.65. The predicted molar refractivity (Wildman–Crippen MR) is 82.8 cm³/mol. The van der Waals surface area contributed by atoms with Crippen molar-refractivity contribution >= 4 is 7.37 Å². The van der Waals surface area contributed by atoms with Crippen LogP contribution >= 0.6 is 7.37 Å². The molecule has 1 unspecified atom stereocenters. The summed E-state index contributed by atoms with van der Waals surface area (Å²) in [5.74, 6) is 0.471. The first-order chi connectivity index (χ1) is 10.4. The molecule has 8 heteroatoms. The first-order valence-electron chi connectivity index (χ1n) is 7.16. The summed E-state index contributed by atoms with van der Waals surface area (Å²) in [4.78, 5) is 12.2. The van der Waals surface area contributed by atoms with Crippen molar-refractivity contribution in [3.8, 4) is 5.69 Å². The molecule has 1 aliphatic carbocycles. The second kappa shape index (κ2) is 5.48. The summed E-state index contributed by atoms with van der Waals surface area (Å²) < 4.78 is 20.1. The van der Waals surface area contributed by atoms with Gasteiger partial charge in [-0.25, -0.2) is 4.79 Å². The molecular weight excluding hydrogens is 303 g/mol. The molecule has 0 radical (unpaired) electrons. The molecule has 1 heterocycles. The molecule has 0 N–H and O–H groups in total. The zero-order valence-corrected chi connectivity index (χ0v) is 13.8. The smallest absolute Gasteiger partial charge is 0.332 e.